The van der Waals surface area contributed by atoms with Crippen LogP contribution in [0.4, 0.5) is 0 Å². The van der Waals surface area contributed by atoms with Gasteiger partial charge in [0.2, 0.25) is 0 Å². The lowest BCUT2D eigenvalue weighted by molar-refractivity contribution is -0.105. The van der Waals surface area contributed by atoms with Crippen molar-refractivity contribution in [1.29, 1.82) is 0 Å². The zero-order valence-corrected chi connectivity index (χ0v) is 12.4. The van der Waals surface area contributed by atoms with E-state index in [-0.39, 0.29) is 6.61 Å². The third-order valence-corrected chi connectivity index (χ3v) is 4.42. The van der Waals surface area contributed by atoms with Gasteiger partial charge in [-0.05, 0) is 25.2 Å². The van der Waals surface area contributed by atoms with E-state index in [0.29, 0.717) is 12.3 Å². The molecule has 0 bridgehead atoms. The van der Waals surface area contributed by atoms with Crippen molar-refractivity contribution in [3.05, 3.63) is 23.3 Å². The van der Waals surface area contributed by atoms with E-state index in [0.717, 1.165) is 29.9 Å². The maximum Gasteiger partial charge on any atom is 0.251 e. The Balaban J connectivity index is 1.99. The van der Waals surface area contributed by atoms with Gasteiger partial charge in [-0.25, -0.2) is 0 Å². The molecular weight excluding hydrogens is 252 g/mol. The van der Waals surface area contributed by atoms with Crippen LogP contribution in [0.5, 0.6) is 11.5 Å². The molecule has 2 aliphatic rings. The van der Waals surface area contributed by atoms with Crippen LogP contribution in [0, 0.1) is 0 Å². The van der Waals surface area contributed by atoms with Crippen LogP contribution in [0.15, 0.2) is 12.1 Å². The largest absolute Gasteiger partial charge is 0.448 e. The van der Waals surface area contributed by atoms with Crippen LogP contribution < -0.4 is 9.47 Å². The van der Waals surface area contributed by atoms with Crippen molar-refractivity contribution < 1.29 is 14.6 Å². The van der Waals surface area contributed by atoms with Crippen LogP contribution in [0.3, 0.4) is 0 Å². The average Bonchev–Trinajstić information content (AvgIpc) is 2.78. The smallest absolute Gasteiger partial charge is 0.251 e. The van der Waals surface area contributed by atoms with Gasteiger partial charge in [-0.2, -0.15) is 0 Å². The average molecular weight is 276 g/mol. The minimum Gasteiger partial charge on any atom is -0.448 e. The molecule has 20 heavy (non-hydrogen) atoms. The van der Waals surface area contributed by atoms with E-state index < -0.39 is 5.79 Å². The summed E-state index contributed by atoms with van der Waals surface area (Å²) in [5.41, 5.74) is 2.28. The summed E-state index contributed by atoms with van der Waals surface area (Å²) in [6.07, 6.45) is 6.17. The molecule has 1 fully saturated rings. The fourth-order valence-corrected chi connectivity index (χ4v) is 3.30. The number of fused-ring (bicyclic) bond motifs is 1. The number of benzene rings is 1. The highest BCUT2D eigenvalue weighted by Crippen LogP contribution is 2.50. The van der Waals surface area contributed by atoms with E-state index >= 15 is 0 Å². The molecule has 1 aliphatic carbocycles. The van der Waals surface area contributed by atoms with Crippen molar-refractivity contribution >= 4 is 0 Å². The third kappa shape index (κ3) is 2.28. The first-order valence-corrected chi connectivity index (χ1v) is 7.80. The molecule has 0 radical (unpaired) electrons. The topological polar surface area (TPSA) is 38.7 Å². The molecule has 0 unspecified atom stereocenters. The van der Waals surface area contributed by atoms with Crippen molar-refractivity contribution in [2.75, 3.05) is 6.61 Å². The lowest BCUT2D eigenvalue weighted by Crippen LogP contribution is -2.40. The molecule has 0 amide bonds. The lowest BCUT2D eigenvalue weighted by atomic mass is 9.94. The SMILES string of the molecule is CC(C)c1ccc(CCO)c2c1OC1(CCCCC1)O2. The quantitative estimate of drug-likeness (QED) is 0.913. The summed E-state index contributed by atoms with van der Waals surface area (Å²) in [4.78, 5) is 0. The highest BCUT2D eigenvalue weighted by atomic mass is 16.7. The molecule has 1 aliphatic heterocycles. The Labute approximate surface area is 120 Å². The summed E-state index contributed by atoms with van der Waals surface area (Å²) in [5, 5.41) is 9.23. The molecule has 3 nitrogen and oxygen atoms in total. The van der Waals surface area contributed by atoms with E-state index in [1.807, 2.05) is 0 Å². The standard InChI is InChI=1S/C17H24O3/c1-12(2)14-7-6-13(8-11-18)15-16(14)20-17(19-15)9-4-3-5-10-17/h6-7,12,18H,3-5,8-11H2,1-2H3. The van der Waals surface area contributed by atoms with Crippen molar-refractivity contribution in [1.82, 2.24) is 0 Å². The Morgan fingerprint density at radius 1 is 1.10 bits per heavy atom. The second-order valence-corrected chi connectivity index (χ2v) is 6.28. The van der Waals surface area contributed by atoms with Gasteiger partial charge in [0.05, 0.1) is 0 Å². The first-order valence-electron chi connectivity index (χ1n) is 7.80. The molecule has 0 atom stereocenters. The molecule has 0 aromatic heterocycles. The number of aliphatic hydroxyl groups excluding tert-OH is 1. The zero-order valence-electron chi connectivity index (χ0n) is 12.4. The number of hydrogen-bond donors (Lipinski definition) is 1. The van der Waals surface area contributed by atoms with Crippen LogP contribution in [-0.2, 0) is 6.42 Å². The second kappa shape index (κ2) is 5.28. The van der Waals surface area contributed by atoms with E-state index in [2.05, 4.69) is 26.0 Å². The molecule has 1 spiro atoms. The van der Waals surface area contributed by atoms with Gasteiger partial charge in [0.1, 0.15) is 0 Å². The monoisotopic (exact) mass is 276 g/mol. The fourth-order valence-electron chi connectivity index (χ4n) is 3.30. The number of hydrogen-bond acceptors (Lipinski definition) is 3. The van der Waals surface area contributed by atoms with Gasteiger partial charge >= 0.3 is 0 Å². The van der Waals surface area contributed by atoms with Gasteiger partial charge in [0.25, 0.3) is 5.79 Å². The predicted octanol–water partition coefficient (Wildman–Crippen LogP) is 3.78. The van der Waals surface area contributed by atoms with E-state index in [1.54, 1.807) is 0 Å². The van der Waals surface area contributed by atoms with Crippen molar-refractivity contribution in [2.24, 2.45) is 0 Å². The maximum atomic E-state index is 9.23. The number of ether oxygens (including phenoxy) is 2. The number of rotatable bonds is 3. The molecule has 3 rings (SSSR count). The van der Waals surface area contributed by atoms with Gasteiger partial charge < -0.3 is 14.6 Å². The summed E-state index contributed by atoms with van der Waals surface area (Å²) in [6.45, 7) is 4.50. The van der Waals surface area contributed by atoms with E-state index in [9.17, 15) is 5.11 Å². The normalized spacial score (nSPS) is 19.8. The molecule has 1 aromatic carbocycles. The fraction of sp³-hybridized carbons (Fsp3) is 0.647. The third-order valence-electron chi connectivity index (χ3n) is 4.42. The number of aliphatic hydroxyl groups is 1. The van der Waals surface area contributed by atoms with Crippen LogP contribution >= 0.6 is 0 Å². The van der Waals surface area contributed by atoms with Gasteiger partial charge in [-0.15, -0.1) is 0 Å². The lowest BCUT2D eigenvalue weighted by Gasteiger charge is -2.31. The highest BCUT2D eigenvalue weighted by Gasteiger charge is 2.44. The molecule has 1 saturated carbocycles. The maximum absolute atomic E-state index is 9.23. The van der Waals surface area contributed by atoms with Crippen LogP contribution in [0.1, 0.15) is 63.0 Å². The van der Waals surface area contributed by atoms with E-state index in [1.165, 1.54) is 24.8 Å². The Hall–Kier alpha value is -1.22. The Morgan fingerprint density at radius 3 is 2.45 bits per heavy atom. The summed E-state index contributed by atoms with van der Waals surface area (Å²) in [6, 6.07) is 4.20. The molecule has 0 saturated heterocycles. The van der Waals surface area contributed by atoms with Gasteiger partial charge in [-0.1, -0.05) is 32.4 Å². The molecule has 1 aromatic rings. The summed E-state index contributed by atoms with van der Waals surface area (Å²) in [5.74, 6) is 1.78. The van der Waals surface area contributed by atoms with Crippen LogP contribution in [0.25, 0.3) is 0 Å². The molecule has 1 heterocycles. The van der Waals surface area contributed by atoms with Gasteiger partial charge in [-0.3, -0.25) is 0 Å². The summed E-state index contributed by atoms with van der Waals surface area (Å²) < 4.78 is 12.6. The van der Waals surface area contributed by atoms with Crippen molar-refractivity contribution in [3.63, 3.8) is 0 Å². The first-order chi connectivity index (χ1) is 9.65. The molecule has 1 N–H and O–H groups in total. The van der Waals surface area contributed by atoms with Gasteiger partial charge in [0.15, 0.2) is 11.5 Å². The molecule has 3 heteroatoms. The van der Waals surface area contributed by atoms with Crippen LogP contribution in [-0.4, -0.2) is 17.5 Å². The predicted molar refractivity (Wildman–Crippen MR) is 78.4 cm³/mol. The summed E-state index contributed by atoms with van der Waals surface area (Å²) in [7, 11) is 0. The van der Waals surface area contributed by atoms with Gasteiger partial charge in [0, 0.05) is 30.6 Å². The van der Waals surface area contributed by atoms with Crippen molar-refractivity contribution in [3.8, 4) is 11.5 Å². The Kier molecular flexibility index (Phi) is 3.63. The Bertz CT molecular complexity index is 487. The minimum atomic E-state index is -0.435. The van der Waals surface area contributed by atoms with Crippen LogP contribution in [0.2, 0.25) is 0 Å². The highest BCUT2D eigenvalue weighted by molar-refractivity contribution is 5.55. The van der Waals surface area contributed by atoms with Crippen molar-refractivity contribution in [2.45, 2.75) is 64.1 Å². The molecular formula is C17H24O3. The molecule has 110 valence electrons. The summed E-state index contributed by atoms with van der Waals surface area (Å²) >= 11 is 0. The zero-order chi connectivity index (χ0) is 14.2. The minimum absolute atomic E-state index is 0.143. The first kappa shape index (κ1) is 13.7. The van der Waals surface area contributed by atoms with E-state index in [4.69, 9.17) is 9.47 Å². The second-order valence-electron chi connectivity index (χ2n) is 6.28. The Morgan fingerprint density at radius 2 is 1.80 bits per heavy atom.